The van der Waals surface area contributed by atoms with E-state index < -0.39 is 0 Å². The molecule has 0 N–H and O–H groups in total. The maximum atomic E-state index is 6.05. The third kappa shape index (κ3) is 3.85. The number of halogens is 2. The highest BCUT2D eigenvalue weighted by atomic mass is 79.9. The van der Waals surface area contributed by atoms with Crippen LogP contribution in [0.1, 0.15) is 0 Å². The molecule has 0 bridgehead atoms. The van der Waals surface area contributed by atoms with Gasteiger partial charge in [-0.25, -0.2) is 0 Å². The lowest BCUT2D eigenvalue weighted by Crippen LogP contribution is -2.42. The maximum Gasteiger partial charge on any atom is 0.139 e. The van der Waals surface area contributed by atoms with Gasteiger partial charge in [0.1, 0.15) is 18.5 Å². The lowest BCUT2D eigenvalue weighted by atomic mass is 10.3. The van der Waals surface area contributed by atoms with Crippen LogP contribution >= 0.6 is 27.5 Å². The first-order chi connectivity index (χ1) is 8.15. The largest absolute Gasteiger partial charge is 0.489 e. The van der Waals surface area contributed by atoms with Crippen LogP contribution in [0, 0.1) is 0 Å². The van der Waals surface area contributed by atoms with Crippen molar-refractivity contribution in [2.45, 2.75) is 6.10 Å². The fraction of sp³-hybridized carbons (Fsp3) is 0.500. The van der Waals surface area contributed by atoms with E-state index in [1.807, 2.05) is 18.2 Å². The molecule has 3 nitrogen and oxygen atoms in total. The maximum absolute atomic E-state index is 6.05. The lowest BCUT2D eigenvalue weighted by molar-refractivity contribution is -0.0403. The molecule has 1 fully saturated rings. The SMILES string of the molecule is CN1CCOC(COc2cc(Br)ccc2Cl)C1. The minimum absolute atomic E-state index is 0.115. The van der Waals surface area contributed by atoms with Crippen molar-refractivity contribution in [1.82, 2.24) is 4.90 Å². The number of hydrogen-bond donors (Lipinski definition) is 0. The molecule has 0 radical (unpaired) electrons. The number of nitrogens with zero attached hydrogens (tertiary/aromatic N) is 1. The molecule has 1 aromatic carbocycles. The Morgan fingerprint density at radius 3 is 3.18 bits per heavy atom. The van der Waals surface area contributed by atoms with Crippen LogP contribution in [0.15, 0.2) is 22.7 Å². The van der Waals surface area contributed by atoms with E-state index in [1.54, 1.807) is 0 Å². The quantitative estimate of drug-likeness (QED) is 0.855. The zero-order chi connectivity index (χ0) is 12.3. The van der Waals surface area contributed by atoms with Gasteiger partial charge >= 0.3 is 0 Å². The zero-order valence-electron chi connectivity index (χ0n) is 9.66. The number of benzene rings is 1. The molecule has 1 aliphatic rings. The summed E-state index contributed by atoms with van der Waals surface area (Å²) in [5.74, 6) is 0.692. The van der Waals surface area contributed by atoms with Gasteiger partial charge in [-0.05, 0) is 25.2 Å². The highest BCUT2D eigenvalue weighted by Crippen LogP contribution is 2.28. The second-order valence-electron chi connectivity index (χ2n) is 4.14. The summed E-state index contributed by atoms with van der Waals surface area (Å²) in [6, 6.07) is 5.57. The van der Waals surface area contributed by atoms with Gasteiger partial charge in [0, 0.05) is 17.6 Å². The van der Waals surface area contributed by atoms with Crippen molar-refractivity contribution in [2.24, 2.45) is 0 Å². The average molecular weight is 321 g/mol. The van der Waals surface area contributed by atoms with Crippen molar-refractivity contribution < 1.29 is 9.47 Å². The van der Waals surface area contributed by atoms with Crippen molar-refractivity contribution >= 4 is 27.5 Å². The number of ether oxygens (including phenoxy) is 2. The van der Waals surface area contributed by atoms with Gasteiger partial charge in [-0.1, -0.05) is 27.5 Å². The van der Waals surface area contributed by atoms with E-state index in [2.05, 4.69) is 27.9 Å². The van der Waals surface area contributed by atoms with Gasteiger partial charge in [0.2, 0.25) is 0 Å². The molecule has 1 unspecified atom stereocenters. The molecule has 0 aromatic heterocycles. The Bertz CT molecular complexity index is 389. The first-order valence-electron chi connectivity index (χ1n) is 5.53. The molecule has 5 heteroatoms. The topological polar surface area (TPSA) is 21.7 Å². The van der Waals surface area contributed by atoms with Crippen LogP contribution in [0.4, 0.5) is 0 Å². The Morgan fingerprint density at radius 1 is 1.59 bits per heavy atom. The monoisotopic (exact) mass is 319 g/mol. The molecular formula is C12H15BrClNO2. The highest BCUT2D eigenvalue weighted by molar-refractivity contribution is 9.10. The van der Waals surface area contributed by atoms with Crippen molar-refractivity contribution in [3.05, 3.63) is 27.7 Å². The predicted molar refractivity (Wildman–Crippen MR) is 71.9 cm³/mol. The number of rotatable bonds is 3. The van der Waals surface area contributed by atoms with E-state index >= 15 is 0 Å². The van der Waals surface area contributed by atoms with Gasteiger partial charge in [0.25, 0.3) is 0 Å². The number of hydrogen-bond acceptors (Lipinski definition) is 3. The summed E-state index contributed by atoms with van der Waals surface area (Å²) in [5.41, 5.74) is 0. The second-order valence-corrected chi connectivity index (χ2v) is 5.46. The Hall–Kier alpha value is -0.290. The summed E-state index contributed by atoms with van der Waals surface area (Å²) >= 11 is 9.44. The van der Waals surface area contributed by atoms with Gasteiger partial charge in [0.05, 0.1) is 11.6 Å². The molecule has 17 heavy (non-hydrogen) atoms. The molecular weight excluding hydrogens is 305 g/mol. The van der Waals surface area contributed by atoms with Crippen molar-refractivity contribution in [3.63, 3.8) is 0 Å². The Balaban J connectivity index is 1.90. The molecule has 1 atom stereocenters. The molecule has 94 valence electrons. The normalized spacial score (nSPS) is 21.5. The Morgan fingerprint density at radius 2 is 2.41 bits per heavy atom. The smallest absolute Gasteiger partial charge is 0.139 e. The molecule has 0 saturated carbocycles. The minimum atomic E-state index is 0.115. The predicted octanol–water partition coefficient (Wildman–Crippen LogP) is 2.81. The van der Waals surface area contributed by atoms with Crippen LogP contribution in [0.5, 0.6) is 5.75 Å². The van der Waals surface area contributed by atoms with Gasteiger partial charge < -0.3 is 14.4 Å². The van der Waals surface area contributed by atoms with Crippen LogP contribution in [-0.2, 0) is 4.74 Å². The lowest BCUT2D eigenvalue weighted by Gasteiger charge is -2.29. The fourth-order valence-corrected chi connectivity index (χ4v) is 2.25. The van der Waals surface area contributed by atoms with E-state index in [0.717, 1.165) is 24.2 Å². The van der Waals surface area contributed by atoms with E-state index in [9.17, 15) is 0 Å². The van der Waals surface area contributed by atoms with Gasteiger partial charge in [-0.2, -0.15) is 0 Å². The van der Waals surface area contributed by atoms with Gasteiger partial charge in [-0.15, -0.1) is 0 Å². The summed E-state index contributed by atoms with van der Waals surface area (Å²) in [7, 11) is 2.08. The van der Waals surface area contributed by atoms with Crippen LogP contribution in [0.3, 0.4) is 0 Å². The summed E-state index contributed by atoms with van der Waals surface area (Å²) in [6.45, 7) is 3.16. The van der Waals surface area contributed by atoms with Gasteiger partial charge in [0.15, 0.2) is 0 Å². The van der Waals surface area contributed by atoms with Crippen molar-refractivity contribution in [1.29, 1.82) is 0 Å². The van der Waals surface area contributed by atoms with E-state index in [-0.39, 0.29) is 6.10 Å². The molecule has 2 rings (SSSR count). The molecule has 0 spiro atoms. The molecule has 1 heterocycles. The average Bonchev–Trinajstić information content (AvgIpc) is 2.30. The van der Waals surface area contributed by atoms with Crippen LogP contribution in [0.2, 0.25) is 5.02 Å². The molecule has 0 amide bonds. The van der Waals surface area contributed by atoms with Gasteiger partial charge in [-0.3, -0.25) is 0 Å². The Labute approximate surface area is 115 Å². The fourth-order valence-electron chi connectivity index (χ4n) is 1.74. The first-order valence-corrected chi connectivity index (χ1v) is 6.70. The Kier molecular flexibility index (Phi) is 4.68. The number of morpholine rings is 1. The zero-order valence-corrected chi connectivity index (χ0v) is 12.0. The third-order valence-electron chi connectivity index (χ3n) is 2.66. The van der Waals surface area contributed by atoms with Crippen LogP contribution < -0.4 is 4.74 Å². The molecule has 1 saturated heterocycles. The minimum Gasteiger partial charge on any atom is -0.489 e. The molecule has 1 aliphatic heterocycles. The standard InChI is InChI=1S/C12H15BrClNO2/c1-15-4-5-16-10(7-15)8-17-12-6-9(13)2-3-11(12)14/h2-3,6,10H,4-5,7-8H2,1H3. The first kappa shape index (κ1) is 13.1. The third-order valence-corrected chi connectivity index (χ3v) is 3.47. The molecule has 0 aliphatic carbocycles. The second kappa shape index (κ2) is 6.05. The summed E-state index contributed by atoms with van der Waals surface area (Å²) in [6.07, 6.45) is 0.115. The van der Waals surface area contributed by atoms with Crippen molar-refractivity contribution in [2.75, 3.05) is 33.4 Å². The number of likely N-dealkylation sites (N-methyl/N-ethyl adjacent to an activating group) is 1. The summed E-state index contributed by atoms with van der Waals surface area (Å²) < 4.78 is 12.3. The van der Waals surface area contributed by atoms with E-state index in [0.29, 0.717) is 17.4 Å². The summed E-state index contributed by atoms with van der Waals surface area (Å²) in [4.78, 5) is 2.24. The van der Waals surface area contributed by atoms with E-state index in [4.69, 9.17) is 21.1 Å². The highest BCUT2D eigenvalue weighted by Gasteiger charge is 2.18. The van der Waals surface area contributed by atoms with Crippen molar-refractivity contribution in [3.8, 4) is 5.75 Å². The summed E-state index contributed by atoms with van der Waals surface area (Å²) in [5, 5.41) is 0.623. The molecule has 1 aromatic rings. The van der Waals surface area contributed by atoms with E-state index in [1.165, 1.54) is 0 Å². The van der Waals surface area contributed by atoms with Crippen LogP contribution in [-0.4, -0.2) is 44.4 Å². The van der Waals surface area contributed by atoms with Crippen LogP contribution in [0.25, 0.3) is 0 Å².